The average molecular weight is 244 g/mol. The van der Waals surface area contributed by atoms with Gasteiger partial charge in [-0.25, -0.2) is 4.79 Å². The fraction of sp³-hybridized carbons (Fsp3) is 0.818. The lowest BCUT2D eigenvalue weighted by molar-refractivity contribution is -0.141. The molecule has 2 atom stereocenters. The van der Waals surface area contributed by atoms with Gasteiger partial charge in [0, 0.05) is 27.2 Å². The number of rotatable bonds is 4. The van der Waals surface area contributed by atoms with Crippen molar-refractivity contribution in [1.29, 1.82) is 0 Å². The maximum atomic E-state index is 12.0. The number of nitrogens with zero attached hydrogens (tertiary/aromatic N) is 2. The summed E-state index contributed by atoms with van der Waals surface area (Å²) in [5, 5.41) is 8.87. The summed E-state index contributed by atoms with van der Waals surface area (Å²) in [6.07, 6.45) is 0.535. The number of carboxylic acid groups (broad SMARTS) is 1. The Hall–Kier alpha value is -1.30. The van der Waals surface area contributed by atoms with E-state index in [0.717, 1.165) is 0 Å². The Bertz CT molecular complexity index is 295. The number of hydrogen-bond acceptors (Lipinski definition) is 3. The molecule has 0 radical (unpaired) electrons. The van der Waals surface area contributed by atoms with Gasteiger partial charge >= 0.3 is 12.0 Å². The second kappa shape index (κ2) is 5.86. The Labute approximate surface area is 101 Å². The number of likely N-dealkylation sites (N-methyl/N-ethyl adjacent to an activating group) is 1. The number of likely N-dealkylation sites (tertiary alicyclic amines) is 1. The summed E-state index contributed by atoms with van der Waals surface area (Å²) >= 11 is 0. The van der Waals surface area contributed by atoms with Gasteiger partial charge in [-0.15, -0.1) is 0 Å². The van der Waals surface area contributed by atoms with Gasteiger partial charge in [0.1, 0.15) is 0 Å². The summed E-state index contributed by atoms with van der Waals surface area (Å²) in [5.74, 6) is -1.25. The zero-order chi connectivity index (χ0) is 13.0. The molecule has 0 aromatic heterocycles. The predicted octanol–water partition coefficient (Wildman–Crippen LogP) is 0.480. The first-order valence-corrected chi connectivity index (χ1v) is 5.70. The first-order valence-electron chi connectivity index (χ1n) is 5.70. The SMILES string of the molecule is COCC(C)N(C)C(=O)N1CCC(C(=O)O)C1. The maximum absolute atomic E-state index is 12.0. The molecule has 6 nitrogen and oxygen atoms in total. The highest BCUT2D eigenvalue weighted by Crippen LogP contribution is 2.18. The zero-order valence-electron chi connectivity index (χ0n) is 10.5. The van der Waals surface area contributed by atoms with E-state index in [1.165, 1.54) is 0 Å². The molecule has 1 fully saturated rings. The van der Waals surface area contributed by atoms with Crippen molar-refractivity contribution in [3.63, 3.8) is 0 Å². The van der Waals surface area contributed by atoms with E-state index in [1.54, 1.807) is 24.0 Å². The molecule has 0 saturated carbocycles. The van der Waals surface area contributed by atoms with Crippen LogP contribution < -0.4 is 0 Å². The molecule has 0 aliphatic carbocycles. The van der Waals surface area contributed by atoms with E-state index in [9.17, 15) is 9.59 Å². The third-order valence-corrected chi connectivity index (χ3v) is 3.18. The minimum absolute atomic E-state index is 0.0172. The average Bonchev–Trinajstić information content (AvgIpc) is 2.76. The molecule has 1 aliphatic rings. The molecule has 17 heavy (non-hydrogen) atoms. The van der Waals surface area contributed by atoms with Crippen LogP contribution in [0.15, 0.2) is 0 Å². The normalized spacial score (nSPS) is 21.4. The molecular formula is C11H20N2O4. The molecule has 1 saturated heterocycles. The lowest BCUT2D eigenvalue weighted by Crippen LogP contribution is -2.45. The number of amides is 2. The van der Waals surface area contributed by atoms with Crippen LogP contribution in [0, 0.1) is 5.92 Å². The molecule has 2 amide bonds. The third kappa shape index (κ3) is 3.33. The topological polar surface area (TPSA) is 70.1 Å². The number of hydrogen-bond donors (Lipinski definition) is 1. The molecule has 1 heterocycles. The summed E-state index contributed by atoms with van der Waals surface area (Å²) in [6.45, 7) is 3.18. The lowest BCUT2D eigenvalue weighted by Gasteiger charge is -2.29. The van der Waals surface area contributed by atoms with Crippen LogP contribution in [0.2, 0.25) is 0 Å². The fourth-order valence-electron chi connectivity index (χ4n) is 1.90. The number of aliphatic carboxylic acids is 1. The molecule has 1 aliphatic heterocycles. The summed E-state index contributed by atoms with van der Waals surface area (Å²) in [7, 11) is 3.30. The Morgan fingerprint density at radius 3 is 2.71 bits per heavy atom. The van der Waals surface area contributed by atoms with Crippen molar-refractivity contribution < 1.29 is 19.4 Å². The van der Waals surface area contributed by atoms with Crippen molar-refractivity contribution in [3.05, 3.63) is 0 Å². The smallest absolute Gasteiger partial charge is 0.320 e. The highest BCUT2D eigenvalue weighted by atomic mass is 16.5. The van der Waals surface area contributed by atoms with E-state index in [2.05, 4.69) is 0 Å². The van der Waals surface area contributed by atoms with Crippen LogP contribution in [0.4, 0.5) is 4.79 Å². The van der Waals surface area contributed by atoms with Crippen molar-refractivity contribution in [2.45, 2.75) is 19.4 Å². The van der Waals surface area contributed by atoms with Crippen LogP contribution in [0.1, 0.15) is 13.3 Å². The molecule has 0 aromatic carbocycles. The number of carbonyl (C=O) groups is 2. The van der Waals surface area contributed by atoms with Gasteiger partial charge in [0.15, 0.2) is 0 Å². The summed E-state index contributed by atoms with van der Waals surface area (Å²) < 4.78 is 4.99. The van der Waals surface area contributed by atoms with Gasteiger partial charge in [0.25, 0.3) is 0 Å². The predicted molar refractivity (Wildman–Crippen MR) is 61.8 cm³/mol. The van der Waals surface area contributed by atoms with Crippen molar-refractivity contribution in [2.24, 2.45) is 5.92 Å². The van der Waals surface area contributed by atoms with Crippen LogP contribution in [-0.4, -0.2) is 66.8 Å². The van der Waals surface area contributed by atoms with Gasteiger partial charge in [-0.2, -0.15) is 0 Å². The van der Waals surface area contributed by atoms with Gasteiger partial charge in [-0.1, -0.05) is 0 Å². The van der Waals surface area contributed by atoms with Crippen molar-refractivity contribution in [1.82, 2.24) is 9.80 Å². The van der Waals surface area contributed by atoms with Crippen LogP contribution in [0.3, 0.4) is 0 Å². The quantitative estimate of drug-likeness (QED) is 0.781. The van der Waals surface area contributed by atoms with Crippen LogP contribution >= 0.6 is 0 Å². The number of urea groups is 1. The largest absolute Gasteiger partial charge is 0.481 e. The third-order valence-electron chi connectivity index (χ3n) is 3.18. The molecule has 98 valence electrons. The Kier molecular flexibility index (Phi) is 4.74. The highest BCUT2D eigenvalue weighted by Gasteiger charge is 2.33. The van der Waals surface area contributed by atoms with Gasteiger partial charge in [0.05, 0.1) is 18.6 Å². The zero-order valence-corrected chi connectivity index (χ0v) is 10.5. The minimum Gasteiger partial charge on any atom is -0.481 e. The van der Waals surface area contributed by atoms with E-state index >= 15 is 0 Å². The number of carbonyl (C=O) groups excluding carboxylic acids is 1. The van der Waals surface area contributed by atoms with E-state index < -0.39 is 11.9 Å². The molecule has 0 spiro atoms. The van der Waals surface area contributed by atoms with Gasteiger partial charge in [0.2, 0.25) is 0 Å². The fourth-order valence-corrected chi connectivity index (χ4v) is 1.90. The maximum Gasteiger partial charge on any atom is 0.320 e. The van der Waals surface area contributed by atoms with Crippen molar-refractivity contribution >= 4 is 12.0 Å². The van der Waals surface area contributed by atoms with E-state index in [0.29, 0.717) is 26.1 Å². The van der Waals surface area contributed by atoms with Gasteiger partial charge in [-0.05, 0) is 13.3 Å². The summed E-state index contributed by atoms with van der Waals surface area (Å²) in [5.41, 5.74) is 0. The van der Waals surface area contributed by atoms with Gasteiger partial charge in [-0.3, -0.25) is 4.79 Å². The monoisotopic (exact) mass is 244 g/mol. The van der Waals surface area contributed by atoms with Crippen LogP contribution in [-0.2, 0) is 9.53 Å². The van der Waals surface area contributed by atoms with Crippen molar-refractivity contribution in [3.8, 4) is 0 Å². The number of carboxylic acids is 1. The Morgan fingerprint density at radius 1 is 1.59 bits per heavy atom. The molecule has 2 unspecified atom stereocenters. The molecule has 0 aromatic rings. The molecule has 0 bridgehead atoms. The molecular weight excluding hydrogens is 224 g/mol. The van der Waals surface area contributed by atoms with E-state index in [1.807, 2.05) is 6.92 Å². The second-order valence-corrected chi connectivity index (χ2v) is 4.47. The lowest BCUT2D eigenvalue weighted by atomic mass is 10.1. The standard InChI is InChI=1S/C11H20N2O4/c1-8(7-17-3)12(2)11(16)13-5-4-9(6-13)10(14)15/h8-9H,4-7H2,1-3H3,(H,14,15). The Morgan fingerprint density at radius 2 is 2.24 bits per heavy atom. The van der Waals surface area contributed by atoms with E-state index in [-0.39, 0.29) is 12.1 Å². The summed E-state index contributed by atoms with van der Waals surface area (Å²) in [6, 6.07) is -0.144. The Balaban J connectivity index is 2.51. The second-order valence-electron chi connectivity index (χ2n) is 4.47. The van der Waals surface area contributed by atoms with Crippen molar-refractivity contribution in [2.75, 3.05) is 33.9 Å². The first kappa shape index (κ1) is 13.8. The minimum atomic E-state index is -0.826. The van der Waals surface area contributed by atoms with Gasteiger partial charge < -0.3 is 19.6 Å². The molecule has 1 N–H and O–H groups in total. The van der Waals surface area contributed by atoms with E-state index in [4.69, 9.17) is 9.84 Å². The molecule has 1 rings (SSSR count). The van der Waals surface area contributed by atoms with Crippen LogP contribution in [0.25, 0.3) is 0 Å². The summed E-state index contributed by atoms with van der Waals surface area (Å²) in [4.78, 5) is 26.0. The number of ether oxygens (including phenoxy) is 1. The first-order chi connectivity index (χ1) is 7.97. The van der Waals surface area contributed by atoms with Crippen LogP contribution in [0.5, 0.6) is 0 Å². The number of methoxy groups -OCH3 is 1. The molecule has 6 heteroatoms. The highest BCUT2D eigenvalue weighted by molar-refractivity contribution is 5.77.